The second kappa shape index (κ2) is 7.43. The van der Waals surface area contributed by atoms with E-state index < -0.39 is 0 Å². The standard InChI is InChI=1S/C21H22N6S/c1-25-10-11-26(15-21-23-9-12-28-21)14-19(25)17-13-27-18(3-2-4-20(27)24-17)16-5-7-22-8-6-16/h2-9,12-13,19H,10-11,14-15H2,1H3. The van der Waals surface area contributed by atoms with E-state index in [2.05, 4.69) is 55.6 Å². The zero-order chi connectivity index (χ0) is 18.9. The number of piperazine rings is 1. The Morgan fingerprint density at radius 3 is 2.82 bits per heavy atom. The Labute approximate surface area is 168 Å². The Hall–Kier alpha value is -2.61. The van der Waals surface area contributed by atoms with Crippen molar-refractivity contribution in [2.45, 2.75) is 12.6 Å². The molecule has 5 heterocycles. The van der Waals surface area contributed by atoms with Gasteiger partial charge in [-0.15, -0.1) is 11.3 Å². The summed E-state index contributed by atoms with van der Waals surface area (Å²) in [6, 6.07) is 10.6. The molecule has 0 N–H and O–H groups in total. The van der Waals surface area contributed by atoms with Gasteiger partial charge in [0.2, 0.25) is 0 Å². The first-order valence-corrected chi connectivity index (χ1v) is 10.4. The molecule has 0 bridgehead atoms. The van der Waals surface area contributed by atoms with E-state index in [0.717, 1.165) is 48.8 Å². The fourth-order valence-corrected chi connectivity index (χ4v) is 4.52. The summed E-state index contributed by atoms with van der Waals surface area (Å²) in [4.78, 5) is 18.4. The average Bonchev–Trinajstić information content (AvgIpc) is 3.39. The van der Waals surface area contributed by atoms with Crippen molar-refractivity contribution in [1.82, 2.24) is 29.2 Å². The van der Waals surface area contributed by atoms with Crippen LogP contribution in [0.3, 0.4) is 0 Å². The van der Waals surface area contributed by atoms with Crippen LogP contribution < -0.4 is 0 Å². The summed E-state index contributed by atoms with van der Waals surface area (Å²) < 4.78 is 2.19. The largest absolute Gasteiger partial charge is 0.299 e. The first kappa shape index (κ1) is 17.5. The van der Waals surface area contributed by atoms with Crippen molar-refractivity contribution in [3.63, 3.8) is 0 Å². The number of nitrogens with zero attached hydrogens (tertiary/aromatic N) is 6. The van der Waals surface area contributed by atoms with Crippen molar-refractivity contribution < 1.29 is 0 Å². The van der Waals surface area contributed by atoms with E-state index in [1.54, 1.807) is 11.3 Å². The first-order valence-electron chi connectivity index (χ1n) is 9.47. The molecule has 0 spiro atoms. The third kappa shape index (κ3) is 3.32. The maximum Gasteiger partial charge on any atom is 0.137 e. The van der Waals surface area contributed by atoms with Crippen LogP contribution in [0, 0.1) is 0 Å². The van der Waals surface area contributed by atoms with E-state index in [0.29, 0.717) is 0 Å². The number of hydrogen-bond donors (Lipinski definition) is 0. The van der Waals surface area contributed by atoms with Crippen LogP contribution in [0.5, 0.6) is 0 Å². The molecule has 0 radical (unpaired) electrons. The molecular formula is C21H22N6S. The molecule has 1 aliphatic rings. The van der Waals surface area contributed by atoms with Gasteiger partial charge in [-0.2, -0.15) is 0 Å². The monoisotopic (exact) mass is 390 g/mol. The van der Waals surface area contributed by atoms with Crippen LogP contribution in [0.1, 0.15) is 16.7 Å². The van der Waals surface area contributed by atoms with E-state index in [1.807, 2.05) is 36.1 Å². The van der Waals surface area contributed by atoms with Crippen molar-refractivity contribution in [3.8, 4) is 11.3 Å². The van der Waals surface area contributed by atoms with Crippen molar-refractivity contribution >= 4 is 17.0 Å². The molecule has 4 aromatic heterocycles. The summed E-state index contributed by atoms with van der Waals surface area (Å²) in [7, 11) is 2.19. The van der Waals surface area contributed by atoms with E-state index in [1.165, 1.54) is 5.01 Å². The van der Waals surface area contributed by atoms with Crippen molar-refractivity contribution in [3.05, 3.63) is 71.2 Å². The smallest absolute Gasteiger partial charge is 0.137 e. The minimum atomic E-state index is 0.277. The van der Waals surface area contributed by atoms with Gasteiger partial charge in [0.1, 0.15) is 10.7 Å². The highest BCUT2D eigenvalue weighted by Crippen LogP contribution is 2.27. The molecular weight excluding hydrogens is 368 g/mol. The van der Waals surface area contributed by atoms with Crippen LogP contribution >= 0.6 is 11.3 Å². The number of pyridine rings is 2. The number of fused-ring (bicyclic) bond motifs is 1. The second-order valence-corrected chi connectivity index (χ2v) is 8.18. The third-order valence-corrected chi connectivity index (χ3v) is 6.17. The minimum Gasteiger partial charge on any atom is -0.299 e. The van der Waals surface area contributed by atoms with Gasteiger partial charge in [0.15, 0.2) is 0 Å². The first-order chi connectivity index (χ1) is 13.8. The lowest BCUT2D eigenvalue weighted by Gasteiger charge is -2.38. The molecule has 4 aromatic rings. The zero-order valence-electron chi connectivity index (χ0n) is 15.8. The molecule has 6 nitrogen and oxygen atoms in total. The van der Waals surface area contributed by atoms with E-state index >= 15 is 0 Å². The topological polar surface area (TPSA) is 49.6 Å². The van der Waals surface area contributed by atoms with Crippen LogP contribution in [0.2, 0.25) is 0 Å². The van der Waals surface area contributed by atoms with Crippen molar-refractivity contribution in [1.29, 1.82) is 0 Å². The summed E-state index contributed by atoms with van der Waals surface area (Å²) in [6.45, 7) is 3.96. The molecule has 1 saturated heterocycles. The lowest BCUT2D eigenvalue weighted by Crippen LogP contribution is -2.46. The van der Waals surface area contributed by atoms with Crippen molar-refractivity contribution in [2.24, 2.45) is 0 Å². The van der Waals surface area contributed by atoms with Gasteiger partial charge in [-0.3, -0.25) is 19.2 Å². The quantitative estimate of drug-likeness (QED) is 0.535. The number of rotatable bonds is 4. The Bertz CT molecular complexity index is 1060. The third-order valence-electron chi connectivity index (χ3n) is 5.40. The summed E-state index contributed by atoms with van der Waals surface area (Å²) >= 11 is 1.73. The van der Waals surface area contributed by atoms with Gasteiger partial charge < -0.3 is 0 Å². The summed E-state index contributed by atoms with van der Waals surface area (Å²) in [6.07, 6.45) is 7.74. The summed E-state index contributed by atoms with van der Waals surface area (Å²) in [5, 5.41) is 3.23. The molecule has 142 valence electrons. The average molecular weight is 391 g/mol. The summed E-state index contributed by atoms with van der Waals surface area (Å²) in [5.41, 5.74) is 4.38. The molecule has 0 aromatic carbocycles. The fourth-order valence-electron chi connectivity index (χ4n) is 3.86. The van der Waals surface area contributed by atoms with Crippen LogP contribution in [-0.4, -0.2) is 55.8 Å². The molecule has 1 aliphatic heterocycles. The highest BCUT2D eigenvalue weighted by molar-refractivity contribution is 7.09. The Morgan fingerprint density at radius 1 is 1.11 bits per heavy atom. The van der Waals surface area contributed by atoms with Gasteiger partial charge in [0, 0.05) is 55.4 Å². The highest BCUT2D eigenvalue weighted by Gasteiger charge is 2.28. The van der Waals surface area contributed by atoms with Gasteiger partial charge in [0.25, 0.3) is 0 Å². The highest BCUT2D eigenvalue weighted by atomic mass is 32.1. The van der Waals surface area contributed by atoms with Crippen LogP contribution in [-0.2, 0) is 6.54 Å². The maximum atomic E-state index is 4.97. The number of thiazole rings is 1. The molecule has 0 amide bonds. The molecule has 1 atom stereocenters. The van der Waals surface area contributed by atoms with E-state index in [-0.39, 0.29) is 6.04 Å². The lowest BCUT2D eigenvalue weighted by molar-refractivity contribution is 0.0885. The fraction of sp³-hybridized carbons (Fsp3) is 0.286. The predicted octanol–water partition coefficient (Wildman–Crippen LogP) is 3.34. The van der Waals surface area contributed by atoms with Gasteiger partial charge in [-0.05, 0) is 31.3 Å². The van der Waals surface area contributed by atoms with E-state index in [9.17, 15) is 0 Å². The van der Waals surface area contributed by atoms with Gasteiger partial charge in [0.05, 0.1) is 24.0 Å². The molecule has 7 heteroatoms. The molecule has 0 saturated carbocycles. The second-order valence-electron chi connectivity index (χ2n) is 7.20. The maximum absolute atomic E-state index is 4.97. The minimum absolute atomic E-state index is 0.277. The molecule has 28 heavy (non-hydrogen) atoms. The van der Waals surface area contributed by atoms with Gasteiger partial charge >= 0.3 is 0 Å². The SMILES string of the molecule is CN1CCN(Cc2nccs2)CC1c1cn2c(-c3ccncc3)cccc2n1. The molecule has 1 fully saturated rings. The van der Waals surface area contributed by atoms with Crippen molar-refractivity contribution in [2.75, 3.05) is 26.7 Å². The van der Waals surface area contributed by atoms with Gasteiger partial charge in [-0.25, -0.2) is 9.97 Å². The number of imidazole rings is 1. The molecule has 5 rings (SSSR count). The normalized spacial score (nSPS) is 18.7. The van der Waals surface area contributed by atoms with E-state index in [4.69, 9.17) is 4.98 Å². The number of aromatic nitrogens is 4. The number of likely N-dealkylation sites (N-methyl/N-ethyl adjacent to an activating group) is 1. The zero-order valence-corrected chi connectivity index (χ0v) is 16.6. The molecule has 1 unspecified atom stereocenters. The predicted molar refractivity (Wildman–Crippen MR) is 111 cm³/mol. The Balaban J connectivity index is 1.46. The van der Waals surface area contributed by atoms with Crippen LogP contribution in [0.15, 0.2) is 60.5 Å². The van der Waals surface area contributed by atoms with Crippen LogP contribution in [0.4, 0.5) is 0 Å². The molecule has 0 aliphatic carbocycles. The van der Waals surface area contributed by atoms with Crippen LogP contribution in [0.25, 0.3) is 16.9 Å². The lowest BCUT2D eigenvalue weighted by atomic mass is 10.1. The number of hydrogen-bond acceptors (Lipinski definition) is 6. The summed E-state index contributed by atoms with van der Waals surface area (Å²) in [5.74, 6) is 0. The Kier molecular flexibility index (Phi) is 4.64. The van der Waals surface area contributed by atoms with Gasteiger partial charge in [-0.1, -0.05) is 6.07 Å². The Morgan fingerprint density at radius 2 is 2.00 bits per heavy atom.